The van der Waals surface area contributed by atoms with E-state index in [0.717, 1.165) is 18.9 Å². The summed E-state index contributed by atoms with van der Waals surface area (Å²) in [7, 11) is 2.09. The van der Waals surface area contributed by atoms with E-state index in [0.29, 0.717) is 6.04 Å². The van der Waals surface area contributed by atoms with E-state index in [2.05, 4.69) is 57.4 Å². The fraction of sp³-hybridized carbons (Fsp3) is 0.684. The van der Waals surface area contributed by atoms with Gasteiger partial charge in [0.1, 0.15) is 0 Å². The molecule has 2 rings (SSSR count). The van der Waals surface area contributed by atoms with Crippen LogP contribution in [-0.4, -0.2) is 25.3 Å². The van der Waals surface area contributed by atoms with Crippen LogP contribution in [-0.2, 0) is 11.2 Å². The Morgan fingerprint density at radius 3 is 2.52 bits per heavy atom. The molecule has 1 aromatic carbocycles. The number of hydrogen-bond donors (Lipinski definition) is 1. The molecule has 1 saturated carbocycles. The van der Waals surface area contributed by atoms with Crippen LogP contribution in [0.5, 0.6) is 0 Å². The van der Waals surface area contributed by atoms with Crippen molar-refractivity contribution in [3.8, 4) is 0 Å². The van der Waals surface area contributed by atoms with Crippen LogP contribution in [0.3, 0.4) is 0 Å². The Kier molecular flexibility index (Phi) is 5.83. The summed E-state index contributed by atoms with van der Waals surface area (Å²) in [5.41, 5.74) is 2.83. The van der Waals surface area contributed by atoms with Crippen LogP contribution in [0.1, 0.15) is 50.7 Å². The van der Waals surface area contributed by atoms with E-state index >= 15 is 0 Å². The van der Waals surface area contributed by atoms with Crippen LogP contribution in [0.4, 0.5) is 0 Å². The van der Waals surface area contributed by atoms with Gasteiger partial charge in [0.05, 0.1) is 5.60 Å². The molecule has 0 saturated heterocycles. The molecule has 1 aliphatic rings. The number of hydrogen-bond acceptors (Lipinski definition) is 2. The molecule has 0 bridgehead atoms. The second-order valence-electron chi connectivity index (χ2n) is 6.65. The van der Waals surface area contributed by atoms with Gasteiger partial charge in [0.2, 0.25) is 0 Å². The Labute approximate surface area is 130 Å². The summed E-state index contributed by atoms with van der Waals surface area (Å²) in [5.74, 6) is 0.842. The fourth-order valence-corrected chi connectivity index (χ4v) is 3.74. The Morgan fingerprint density at radius 2 is 1.95 bits per heavy atom. The largest absolute Gasteiger partial charge is 0.374 e. The van der Waals surface area contributed by atoms with Crippen LogP contribution < -0.4 is 5.32 Å². The first-order chi connectivity index (χ1) is 10.1. The Bertz CT molecular complexity index is 435. The summed E-state index contributed by atoms with van der Waals surface area (Å²) in [6.07, 6.45) is 5.98. The molecule has 2 nitrogen and oxygen atoms in total. The molecule has 0 heterocycles. The van der Waals surface area contributed by atoms with Gasteiger partial charge in [-0.15, -0.1) is 0 Å². The van der Waals surface area contributed by atoms with Gasteiger partial charge < -0.3 is 10.1 Å². The Morgan fingerprint density at radius 1 is 1.29 bits per heavy atom. The molecule has 1 N–H and O–H groups in total. The third-order valence-electron chi connectivity index (χ3n) is 5.22. The summed E-state index contributed by atoms with van der Waals surface area (Å²) in [6.45, 7) is 7.50. The topological polar surface area (TPSA) is 21.3 Å². The van der Waals surface area contributed by atoms with Gasteiger partial charge in [-0.2, -0.15) is 0 Å². The minimum Gasteiger partial charge on any atom is -0.374 e. The monoisotopic (exact) mass is 289 g/mol. The van der Waals surface area contributed by atoms with E-state index < -0.39 is 0 Å². The summed E-state index contributed by atoms with van der Waals surface area (Å²) in [4.78, 5) is 0. The molecule has 0 aliphatic heterocycles. The zero-order valence-electron chi connectivity index (χ0n) is 14.1. The number of ether oxygens (including phenoxy) is 1. The van der Waals surface area contributed by atoms with Crippen LogP contribution in [0.25, 0.3) is 0 Å². The lowest BCUT2D eigenvalue weighted by atomic mass is 9.73. The maximum Gasteiger partial charge on any atom is 0.0837 e. The van der Waals surface area contributed by atoms with Crippen molar-refractivity contribution in [1.29, 1.82) is 0 Å². The fourth-order valence-electron chi connectivity index (χ4n) is 3.74. The lowest BCUT2D eigenvalue weighted by Crippen LogP contribution is -2.54. The van der Waals surface area contributed by atoms with Gasteiger partial charge in [-0.1, -0.05) is 31.2 Å². The number of aryl methyl sites for hydroxylation is 1. The van der Waals surface area contributed by atoms with E-state index in [1.165, 1.54) is 36.8 Å². The molecule has 1 aliphatic carbocycles. The quantitative estimate of drug-likeness (QED) is 0.851. The predicted octanol–water partition coefficient (Wildman–Crippen LogP) is 4.11. The molecule has 0 aromatic heterocycles. The number of rotatable bonds is 6. The highest BCUT2D eigenvalue weighted by Gasteiger charge is 2.41. The lowest BCUT2D eigenvalue weighted by Gasteiger charge is -2.45. The van der Waals surface area contributed by atoms with Gasteiger partial charge in [-0.3, -0.25) is 0 Å². The van der Waals surface area contributed by atoms with Crippen molar-refractivity contribution in [3.63, 3.8) is 0 Å². The minimum absolute atomic E-state index is 0.0122. The van der Waals surface area contributed by atoms with Gasteiger partial charge in [0.15, 0.2) is 0 Å². The van der Waals surface area contributed by atoms with Crippen LogP contribution in [0, 0.1) is 12.8 Å². The molecule has 0 spiro atoms. The van der Waals surface area contributed by atoms with E-state index in [4.69, 9.17) is 4.74 Å². The van der Waals surface area contributed by atoms with Crippen molar-refractivity contribution < 1.29 is 4.74 Å². The highest BCUT2D eigenvalue weighted by atomic mass is 16.5. The van der Waals surface area contributed by atoms with Gasteiger partial charge in [-0.05, 0) is 70.0 Å². The number of nitrogens with one attached hydrogen (secondary N) is 1. The van der Waals surface area contributed by atoms with Crippen molar-refractivity contribution in [2.45, 2.75) is 64.5 Å². The first-order valence-electron chi connectivity index (χ1n) is 8.47. The van der Waals surface area contributed by atoms with Gasteiger partial charge in [0.25, 0.3) is 0 Å². The molecule has 0 amide bonds. The van der Waals surface area contributed by atoms with E-state index in [9.17, 15) is 0 Å². The van der Waals surface area contributed by atoms with E-state index in [-0.39, 0.29) is 5.60 Å². The number of likely N-dealkylation sites (N-methyl/N-ethyl adjacent to an activating group) is 1. The maximum absolute atomic E-state index is 6.32. The smallest absolute Gasteiger partial charge is 0.0837 e. The first kappa shape index (κ1) is 16.5. The average Bonchev–Trinajstić information content (AvgIpc) is 2.49. The van der Waals surface area contributed by atoms with Gasteiger partial charge in [0, 0.05) is 12.6 Å². The van der Waals surface area contributed by atoms with E-state index in [1.54, 1.807) is 0 Å². The van der Waals surface area contributed by atoms with Gasteiger partial charge in [-0.25, -0.2) is 0 Å². The first-order valence-corrected chi connectivity index (χ1v) is 8.47. The Hall–Kier alpha value is -0.860. The minimum atomic E-state index is 0.0122. The van der Waals surface area contributed by atoms with Crippen LogP contribution >= 0.6 is 0 Å². The molecule has 21 heavy (non-hydrogen) atoms. The molecule has 1 unspecified atom stereocenters. The highest BCUT2D eigenvalue weighted by Crippen LogP contribution is 2.38. The van der Waals surface area contributed by atoms with Crippen LogP contribution in [0.15, 0.2) is 24.3 Å². The number of benzene rings is 1. The van der Waals surface area contributed by atoms with Crippen molar-refractivity contribution >= 4 is 0 Å². The normalized spacial score (nSPS) is 27.5. The third kappa shape index (κ3) is 3.87. The van der Waals surface area contributed by atoms with Crippen molar-refractivity contribution in [3.05, 3.63) is 35.4 Å². The van der Waals surface area contributed by atoms with Crippen molar-refractivity contribution in [2.24, 2.45) is 5.92 Å². The maximum atomic E-state index is 6.32. The zero-order valence-corrected chi connectivity index (χ0v) is 14.1. The Balaban J connectivity index is 2.18. The zero-order chi connectivity index (χ0) is 15.3. The molecule has 118 valence electrons. The molecule has 2 heteroatoms. The molecular weight excluding hydrogens is 258 g/mol. The van der Waals surface area contributed by atoms with Gasteiger partial charge >= 0.3 is 0 Å². The second-order valence-corrected chi connectivity index (χ2v) is 6.65. The summed E-state index contributed by atoms with van der Waals surface area (Å²) < 4.78 is 6.32. The average molecular weight is 289 g/mol. The predicted molar refractivity (Wildman–Crippen MR) is 89.7 cm³/mol. The molecular formula is C19H31NO. The van der Waals surface area contributed by atoms with Crippen molar-refractivity contribution in [2.75, 3.05) is 13.7 Å². The highest BCUT2D eigenvalue weighted by molar-refractivity contribution is 5.27. The summed E-state index contributed by atoms with van der Waals surface area (Å²) in [5, 5.41) is 3.56. The molecule has 1 atom stereocenters. The van der Waals surface area contributed by atoms with Crippen molar-refractivity contribution in [1.82, 2.24) is 5.32 Å². The SMILES string of the molecule is CCOC1(C(Cc2ccccc2C)NC)CCC(C)CC1. The molecule has 0 radical (unpaired) electrons. The molecule has 1 aromatic rings. The third-order valence-corrected chi connectivity index (χ3v) is 5.22. The second kappa shape index (κ2) is 7.42. The van der Waals surface area contributed by atoms with E-state index in [1.807, 2.05) is 0 Å². The lowest BCUT2D eigenvalue weighted by molar-refractivity contribution is -0.0947. The summed E-state index contributed by atoms with van der Waals surface area (Å²) >= 11 is 0. The molecule has 1 fully saturated rings. The standard InChI is InChI=1S/C19H31NO/c1-5-21-19(12-10-15(2)11-13-19)18(20-4)14-17-9-7-6-8-16(17)3/h6-9,15,18,20H,5,10-14H2,1-4H3. The van der Waals surface area contributed by atoms with Crippen LogP contribution in [0.2, 0.25) is 0 Å². The summed E-state index contributed by atoms with van der Waals surface area (Å²) in [6, 6.07) is 9.12.